The molecule has 0 spiro atoms. The molecule has 5 rings (SSSR count). The molecule has 0 unspecified atom stereocenters. The van der Waals surface area contributed by atoms with E-state index in [-0.39, 0.29) is 17.4 Å². The van der Waals surface area contributed by atoms with Gasteiger partial charge in [0.05, 0.1) is 18.4 Å². The van der Waals surface area contributed by atoms with Crippen LogP contribution in [0.4, 0.5) is 5.82 Å². The van der Waals surface area contributed by atoms with Gasteiger partial charge in [-0.25, -0.2) is 9.97 Å². The third-order valence-electron chi connectivity index (χ3n) is 7.21. The number of hydrogen-bond donors (Lipinski definition) is 1. The number of nitrogens with two attached hydrogens (primary N) is 1. The monoisotopic (exact) mass is 484 g/mol. The Morgan fingerprint density at radius 1 is 1.06 bits per heavy atom. The Labute approximate surface area is 211 Å². The topological polar surface area (TPSA) is 92.3 Å². The van der Waals surface area contributed by atoms with Crippen LogP contribution in [0.1, 0.15) is 52.0 Å². The predicted molar refractivity (Wildman–Crippen MR) is 141 cm³/mol. The largest absolute Gasteiger partial charge is 0.466 e. The van der Waals surface area contributed by atoms with Crippen LogP contribution in [-0.2, 0) is 9.53 Å². The van der Waals surface area contributed by atoms with E-state index in [0.717, 1.165) is 59.3 Å². The maximum atomic E-state index is 12.1. The van der Waals surface area contributed by atoms with E-state index >= 15 is 0 Å². The molecule has 1 aliphatic rings. The van der Waals surface area contributed by atoms with Gasteiger partial charge < -0.3 is 19.8 Å². The fourth-order valence-corrected chi connectivity index (χ4v) is 5.25. The van der Waals surface area contributed by atoms with Crippen LogP contribution in [0, 0.1) is 5.41 Å². The minimum atomic E-state index is -0.104. The third-order valence-corrected chi connectivity index (χ3v) is 7.21. The molecule has 2 aromatic carbocycles. The lowest BCUT2D eigenvalue weighted by Gasteiger charge is -2.37. The summed E-state index contributed by atoms with van der Waals surface area (Å²) in [5.74, 6) is 1.94. The summed E-state index contributed by atoms with van der Waals surface area (Å²) in [6.45, 7) is 4.47. The molecule has 7 heteroatoms. The molecule has 186 valence electrons. The van der Waals surface area contributed by atoms with Crippen molar-refractivity contribution in [1.29, 1.82) is 0 Å². The van der Waals surface area contributed by atoms with Crippen LogP contribution >= 0.6 is 0 Å². The lowest BCUT2D eigenvalue weighted by molar-refractivity contribution is -0.146. The number of carbonyl (C=O) groups excluding carboxylic acids is 1. The van der Waals surface area contributed by atoms with Gasteiger partial charge in [0.1, 0.15) is 29.3 Å². The fraction of sp³-hybridized carbons (Fsp3) is 0.345. The van der Waals surface area contributed by atoms with Gasteiger partial charge in [0, 0.05) is 17.8 Å². The molecule has 7 nitrogen and oxygen atoms in total. The second-order valence-corrected chi connectivity index (χ2v) is 9.87. The number of rotatable bonds is 7. The quantitative estimate of drug-likeness (QED) is 0.299. The first-order valence-corrected chi connectivity index (χ1v) is 12.6. The number of nitrogen functional groups attached to an aromatic ring is 1. The number of aromatic nitrogens is 3. The number of nitrogens with zero attached hydrogens (tertiary/aromatic N) is 3. The van der Waals surface area contributed by atoms with Gasteiger partial charge >= 0.3 is 5.97 Å². The molecule has 0 radical (unpaired) electrons. The summed E-state index contributed by atoms with van der Waals surface area (Å²) in [6, 6.07) is 18.0. The van der Waals surface area contributed by atoms with Crippen molar-refractivity contribution in [2.24, 2.45) is 5.41 Å². The van der Waals surface area contributed by atoms with Crippen LogP contribution in [0.15, 0.2) is 67.1 Å². The Bertz CT molecular complexity index is 1340. The van der Waals surface area contributed by atoms with Crippen LogP contribution in [0.5, 0.6) is 11.5 Å². The van der Waals surface area contributed by atoms with Crippen molar-refractivity contribution in [3.63, 3.8) is 0 Å². The Morgan fingerprint density at radius 2 is 1.75 bits per heavy atom. The van der Waals surface area contributed by atoms with E-state index in [1.165, 1.54) is 6.33 Å². The predicted octanol–water partition coefficient (Wildman–Crippen LogP) is 6.55. The molecule has 1 fully saturated rings. The van der Waals surface area contributed by atoms with Crippen molar-refractivity contribution >= 4 is 22.8 Å². The molecule has 36 heavy (non-hydrogen) atoms. The van der Waals surface area contributed by atoms with Gasteiger partial charge in [-0.3, -0.25) is 4.79 Å². The van der Waals surface area contributed by atoms with E-state index in [9.17, 15) is 4.79 Å². The van der Waals surface area contributed by atoms with E-state index in [1.807, 2.05) is 61.5 Å². The van der Waals surface area contributed by atoms with Crippen molar-refractivity contribution in [1.82, 2.24) is 14.5 Å². The molecule has 0 amide bonds. The van der Waals surface area contributed by atoms with Gasteiger partial charge in [-0.1, -0.05) is 37.3 Å². The smallest absolute Gasteiger partial charge is 0.306 e. The average Bonchev–Trinajstić information content (AvgIpc) is 3.26. The normalized spacial score (nSPS) is 19.8. The van der Waals surface area contributed by atoms with Crippen LogP contribution in [0.25, 0.3) is 22.2 Å². The summed E-state index contributed by atoms with van der Waals surface area (Å²) in [4.78, 5) is 21.0. The molecule has 4 aromatic rings. The average molecular weight is 485 g/mol. The van der Waals surface area contributed by atoms with Gasteiger partial charge in [0.15, 0.2) is 0 Å². The van der Waals surface area contributed by atoms with E-state index in [0.29, 0.717) is 18.8 Å². The number of esters is 1. The second-order valence-electron chi connectivity index (χ2n) is 9.87. The standard InChI is InChI=1S/C29H32N4O3/c1-3-35-25(34)17-29(2)15-13-21(14-16-29)33-18-24(26-27(30)31-19-32-28(26)33)20-9-11-23(12-10-20)36-22-7-5-4-6-8-22/h4-12,18-19,21H,3,13-17H2,1-2H3,(H2,30,31,32). The first-order chi connectivity index (χ1) is 17.5. The van der Waals surface area contributed by atoms with E-state index < -0.39 is 0 Å². The number of ether oxygens (including phenoxy) is 2. The Morgan fingerprint density at radius 3 is 2.44 bits per heavy atom. The van der Waals surface area contributed by atoms with Crippen molar-refractivity contribution in [2.45, 2.75) is 52.0 Å². The number of para-hydroxylation sites is 1. The molecule has 1 saturated carbocycles. The molecule has 2 aromatic heterocycles. The van der Waals surface area contributed by atoms with Crippen molar-refractivity contribution in [3.8, 4) is 22.6 Å². The van der Waals surface area contributed by atoms with Crippen molar-refractivity contribution in [3.05, 3.63) is 67.1 Å². The summed E-state index contributed by atoms with van der Waals surface area (Å²) in [5, 5.41) is 0.870. The van der Waals surface area contributed by atoms with Crippen molar-refractivity contribution < 1.29 is 14.3 Å². The van der Waals surface area contributed by atoms with Crippen molar-refractivity contribution in [2.75, 3.05) is 12.3 Å². The molecule has 0 bridgehead atoms. The zero-order valence-electron chi connectivity index (χ0n) is 20.8. The molecular weight excluding hydrogens is 452 g/mol. The van der Waals surface area contributed by atoms with Gasteiger partial charge in [-0.05, 0) is 67.9 Å². The highest BCUT2D eigenvalue weighted by atomic mass is 16.5. The summed E-state index contributed by atoms with van der Waals surface area (Å²) in [6.07, 6.45) is 8.00. The molecule has 1 aliphatic carbocycles. The van der Waals surface area contributed by atoms with Crippen LogP contribution in [-0.4, -0.2) is 27.1 Å². The molecule has 2 heterocycles. The summed E-state index contributed by atoms with van der Waals surface area (Å²) in [5.41, 5.74) is 9.21. The fourth-order valence-electron chi connectivity index (χ4n) is 5.25. The maximum absolute atomic E-state index is 12.1. The highest BCUT2D eigenvalue weighted by Gasteiger charge is 2.35. The number of hydrogen-bond acceptors (Lipinski definition) is 6. The zero-order chi connectivity index (χ0) is 25.1. The Balaban J connectivity index is 1.40. The lowest BCUT2D eigenvalue weighted by atomic mass is 9.72. The van der Waals surface area contributed by atoms with Gasteiger partial charge in [0.2, 0.25) is 0 Å². The Hall–Kier alpha value is -3.87. The van der Waals surface area contributed by atoms with Gasteiger partial charge in [-0.15, -0.1) is 0 Å². The molecule has 0 atom stereocenters. The molecule has 0 saturated heterocycles. The second kappa shape index (κ2) is 10.0. The molecule has 0 aliphatic heterocycles. The van der Waals surface area contributed by atoms with Crippen LogP contribution < -0.4 is 10.5 Å². The molecular formula is C29H32N4O3. The van der Waals surface area contributed by atoms with Crippen LogP contribution in [0.2, 0.25) is 0 Å². The number of benzene rings is 2. The van der Waals surface area contributed by atoms with E-state index in [1.54, 1.807) is 0 Å². The van der Waals surface area contributed by atoms with E-state index in [4.69, 9.17) is 15.2 Å². The molecule has 2 N–H and O–H groups in total. The Kier molecular flexibility index (Phi) is 6.63. The van der Waals surface area contributed by atoms with Crippen LogP contribution in [0.3, 0.4) is 0 Å². The number of anilines is 1. The van der Waals surface area contributed by atoms with Gasteiger partial charge in [0.25, 0.3) is 0 Å². The zero-order valence-corrected chi connectivity index (χ0v) is 20.8. The highest BCUT2D eigenvalue weighted by Crippen LogP contribution is 2.45. The minimum Gasteiger partial charge on any atom is -0.466 e. The summed E-state index contributed by atoms with van der Waals surface area (Å²) in [7, 11) is 0. The summed E-state index contributed by atoms with van der Waals surface area (Å²) >= 11 is 0. The lowest BCUT2D eigenvalue weighted by Crippen LogP contribution is -2.29. The first-order valence-electron chi connectivity index (χ1n) is 12.6. The number of fused-ring (bicyclic) bond motifs is 1. The summed E-state index contributed by atoms with van der Waals surface area (Å²) < 4.78 is 13.4. The maximum Gasteiger partial charge on any atom is 0.306 e. The van der Waals surface area contributed by atoms with Gasteiger partial charge in [-0.2, -0.15) is 0 Å². The highest BCUT2D eigenvalue weighted by molar-refractivity contribution is 6.00. The third kappa shape index (κ3) is 4.91. The SMILES string of the molecule is CCOC(=O)CC1(C)CCC(n2cc(-c3ccc(Oc4ccccc4)cc3)c3c(N)ncnc32)CC1. The van der Waals surface area contributed by atoms with E-state index in [2.05, 4.69) is 27.7 Å². The minimum absolute atomic E-state index is 0.0306. The number of carbonyl (C=O) groups is 1. The first kappa shape index (κ1) is 23.9.